The van der Waals surface area contributed by atoms with Gasteiger partial charge in [0.2, 0.25) is 0 Å². The van der Waals surface area contributed by atoms with Gasteiger partial charge in [0.15, 0.2) is 0 Å². The van der Waals surface area contributed by atoms with Crippen molar-refractivity contribution >= 4 is 17.3 Å². The molecule has 2 aliphatic carbocycles. The molecule has 2 nitrogen and oxygen atoms in total. The van der Waals surface area contributed by atoms with Crippen LogP contribution in [0.3, 0.4) is 0 Å². The van der Waals surface area contributed by atoms with Gasteiger partial charge in [-0.1, -0.05) is 11.6 Å². The van der Waals surface area contributed by atoms with Gasteiger partial charge >= 0.3 is 6.61 Å². The second-order valence-corrected chi connectivity index (χ2v) is 5.78. The highest BCUT2D eigenvalue weighted by Gasteiger charge is 2.41. The van der Waals surface area contributed by atoms with Crippen LogP contribution in [0, 0.1) is 11.8 Å². The number of rotatable bonds is 6. The van der Waals surface area contributed by atoms with Crippen LogP contribution in [0.1, 0.15) is 25.7 Å². The zero-order chi connectivity index (χ0) is 13.4. The van der Waals surface area contributed by atoms with Gasteiger partial charge in [0.25, 0.3) is 0 Å². The first-order chi connectivity index (χ1) is 9.13. The number of hydrogen-bond acceptors (Lipinski definition) is 2. The first-order valence-electron chi connectivity index (χ1n) is 6.64. The summed E-state index contributed by atoms with van der Waals surface area (Å²) in [7, 11) is 0. The van der Waals surface area contributed by atoms with Crippen molar-refractivity contribution in [1.82, 2.24) is 0 Å². The molecule has 0 radical (unpaired) electrons. The van der Waals surface area contributed by atoms with E-state index in [9.17, 15) is 8.78 Å². The van der Waals surface area contributed by atoms with E-state index in [0.717, 1.165) is 17.5 Å². The average molecular weight is 288 g/mol. The minimum Gasteiger partial charge on any atom is -0.433 e. The number of alkyl halides is 2. The van der Waals surface area contributed by atoms with E-state index in [1.165, 1.54) is 31.7 Å². The Balaban J connectivity index is 1.68. The smallest absolute Gasteiger partial charge is 0.387 e. The number of benzene rings is 1. The van der Waals surface area contributed by atoms with Gasteiger partial charge < -0.3 is 10.1 Å². The fourth-order valence-corrected chi connectivity index (χ4v) is 2.73. The van der Waals surface area contributed by atoms with Gasteiger partial charge in [0.05, 0.1) is 5.02 Å². The highest BCUT2D eigenvalue weighted by atomic mass is 35.5. The Kier molecular flexibility index (Phi) is 3.52. The molecule has 1 N–H and O–H groups in total. The summed E-state index contributed by atoms with van der Waals surface area (Å²) >= 11 is 5.95. The predicted molar refractivity (Wildman–Crippen MR) is 70.9 cm³/mol. The van der Waals surface area contributed by atoms with Crippen molar-refractivity contribution in [2.75, 3.05) is 5.32 Å². The Hall–Kier alpha value is -1.03. The summed E-state index contributed by atoms with van der Waals surface area (Å²) in [6.45, 7) is -2.85. The van der Waals surface area contributed by atoms with Crippen molar-refractivity contribution in [2.24, 2.45) is 11.8 Å². The molecular weight excluding hydrogens is 272 g/mol. The molecule has 0 aliphatic heterocycles. The molecule has 1 aromatic rings. The van der Waals surface area contributed by atoms with Crippen LogP contribution >= 0.6 is 11.6 Å². The summed E-state index contributed by atoms with van der Waals surface area (Å²) in [4.78, 5) is 0. The lowest BCUT2D eigenvalue weighted by molar-refractivity contribution is -0.0497. The molecule has 5 heteroatoms. The molecule has 0 spiro atoms. The van der Waals surface area contributed by atoms with Crippen LogP contribution in [0.2, 0.25) is 5.02 Å². The quantitative estimate of drug-likeness (QED) is 0.829. The maximum atomic E-state index is 12.1. The van der Waals surface area contributed by atoms with Gasteiger partial charge in [-0.3, -0.25) is 0 Å². The van der Waals surface area contributed by atoms with Gasteiger partial charge in [-0.25, -0.2) is 0 Å². The third kappa shape index (κ3) is 3.30. The Labute approximate surface area is 116 Å². The molecule has 0 unspecified atom stereocenters. The maximum absolute atomic E-state index is 12.1. The van der Waals surface area contributed by atoms with Gasteiger partial charge in [0.1, 0.15) is 5.75 Å². The van der Waals surface area contributed by atoms with E-state index in [0.29, 0.717) is 6.04 Å². The standard InChI is InChI=1S/C14H16ClF2NO/c15-11-7-10(5-6-12(11)19-14(16)17)18-13(8-1-2-8)9-3-4-9/h5-9,13-14,18H,1-4H2. The second-order valence-electron chi connectivity index (χ2n) is 5.37. The highest BCUT2D eigenvalue weighted by molar-refractivity contribution is 6.32. The van der Waals surface area contributed by atoms with Crippen molar-refractivity contribution in [3.63, 3.8) is 0 Å². The van der Waals surface area contributed by atoms with Gasteiger partial charge in [-0.2, -0.15) is 8.78 Å². The number of ether oxygens (including phenoxy) is 1. The summed E-state index contributed by atoms with van der Waals surface area (Å²) in [5.41, 5.74) is 0.885. The minimum atomic E-state index is -2.85. The van der Waals surface area contributed by atoms with Crippen LogP contribution in [0.15, 0.2) is 18.2 Å². The second kappa shape index (κ2) is 5.16. The maximum Gasteiger partial charge on any atom is 0.387 e. The van der Waals surface area contributed by atoms with Crippen LogP contribution < -0.4 is 10.1 Å². The first kappa shape index (κ1) is 13.0. The van der Waals surface area contributed by atoms with E-state index in [4.69, 9.17) is 11.6 Å². The molecule has 104 valence electrons. The van der Waals surface area contributed by atoms with Crippen LogP contribution in [0.25, 0.3) is 0 Å². The predicted octanol–water partition coefficient (Wildman–Crippen LogP) is 4.54. The molecule has 0 amide bonds. The molecule has 0 saturated heterocycles. The van der Waals surface area contributed by atoms with E-state index >= 15 is 0 Å². The van der Waals surface area contributed by atoms with E-state index in [2.05, 4.69) is 10.1 Å². The summed E-state index contributed by atoms with van der Waals surface area (Å²) in [6, 6.07) is 5.42. The lowest BCUT2D eigenvalue weighted by atomic mass is 10.1. The van der Waals surface area contributed by atoms with Crippen molar-refractivity contribution in [3.05, 3.63) is 23.2 Å². The molecule has 0 bridgehead atoms. The summed E-state index contributed by atoms with van der Waals surface area (Å²) < 4.78 is 28.6. The van der Waals surface area contributed by atoms with Crippen LogP contribution in [-0.4, -0.2) is 12.7 Å². The molecule has 2 aliphatic rings. The topological polar surface area (TPSA) is 21.3 Å². The highest BCUT2D eigenvalue weighted by Crippen LogP contribution is 2.46. The number of halogens is 3. The first-order valence-corrected chi connectivity index (χ1v) is 7.02. The van der Waals surface area contributed by atoms with E-state index in [1.807, 2.05) is 0 Å². The fraction of sp³-hybridized carbons (Fsp3) is 0.571. The third-order valence-electron chi connectivity index (χ3n) is 3.74. The minimum absolute atomic E-state index is 0.0246. The molecule has 0 aromatic heterocycles. The molecule has 1 aromatic carbocycles. The van der Waals surface area contributed by atoms with Crippen LogP contribution in [-0.2, 0) is 0 Å². The number of nitrogens with one attached hydrogen (secondary N) is 1. The lowest BCUT2D eigenvalue weighted by Gasteiger charge is -2.19. The Morgan fingerprint density at radius 2 is 1.79 bits per heavy atom. The molecular formula is C14H16ClF2NO. The van der Waals surface area contributed by atoms with Gasteiger partial charge in [0, 0.05) is 11.7 Å². The Morgan fingerprint density at radius 1 is 1.16 bits per heavy atom. The van der Waals surface area contributed by atoms with E-state index < -0.39 is 6.61 Å². The zero-order valence-electron chi connectivity index (χ0n) is 10.4. The van der Waals surface area contributed by atoms with Crippen molar-refractivity contribution in [3.8, 4) is 5.75 Å². The Bertz CT molecular complexity index is 449. The normalized spacial score (nSPS) is 19.0. The summed E-state index contributed by atoms with van der Waals surface area (Å²) in [6.07, 6.45) is 5.14. The third-order valence-corrected chi connectivity index (χ3v) is 4.04. The summed E-state index contributed by atoms with van der Waals surface area (Å²) in [5.74, 6) is 1.56. The monoisotopic (exact) mass is 287 g/mol. The van der Waals surface area contributed by atoms with E-state index in [-0.39, 0.29) is 10.8 Å². The van der Waals surface area contributed by atoms with Crippen molar-refractivity contribution in [1.29, 1.82) is 0 Å². The SMILES string of the molecule is FC(F)Oc1ccc(NC(C2CC2)C2CC2)cc1Cl. The number of hydrogen-bond donors (Lipinski definition) is 1. The Morgan fingerprint density at radius 3 is 2.26 bits per heavy atom. The van der Waals surface area contributed by atoms with Gasteiger partial charge in [-0.15, -0.1) is 0 Å². The molecule has 2 saturated carbocycles. The number of anilines is 1. The fourth-order valence-electron chi connectivity index (χ4n) is 2.51. The molecule has 19 heavy (non-hydrogen) atoms. The zero-order valence-corrected chi connectivity index (χ0v) is 11.2. The largest absolute Gasteiger partial charge is 0.433 e. The molecule has 2 fully saturated rings. The van der Waals surface area contributed by atoms with Crippen molar-refractivity contribution in [2.45, 2.75) is 38.3 Å². The molecule has 0 atom stereocenters. The average Bonchev–Trinajstić information content (AvgIpc) is 3.23. The van der Waals surface area contributed by atoms with Crippen molar-refractivity contribution < 1.29 is 13.5 Å². The summed E-state index contributed by atoms with van der Waals surface area (Å²) in [5, 5.41) is 3.71. The van der Waals surface area contributed by atoms with Crippen LogP contribution in [0.4, 0.5) is 14.5 Å². The lowest BCUT2D eigenvalue weighted by Crippen LogP contribution is -2.24. The molecule has 0 heterocycles. The molecule has 3 rings (SSSR count). The van der Waals surface area contributed by atoms with Crippen LogP contribution in [0.5, 0.6) is 5.75 Å². The van der Waals surface area contributed by atoms with Gasteiger partial charge in [-0.05, 0) is 55.7 Å². The van der Waals surface area contributed by atoms with E-state index in [1.54, 1.807) is 12.1 Å².